The number of halogens is 2. The average Bonchev–Trinajstić information content (AvgIpc) is 2.45. The number of hydrogen-bond acceptors (Lipinski definition) is 4. The molecule has 0 aromatic heterocycles. The zero-order valence-corrected chi connectivity index (χ0v) is 13.7. The van der Waals surface area contributed by atoms with E-state index in [1.165, 1.54) is 18.2 Å². The monoisotopic (exact) mass is 331 g/mol. The first kappa shape index (κ1) is 16.9. The van der Waals surface area contributed by atoms with Crippen molar-refractivity contribution in [1.29, 1.82) is 10.5 Å². The van der Waals surface area contributed by atoms with Crippen LogP contribution in [-0.4, -0.2) is 0 Å². The molecule has 0 radical (unpaired) electrons. The summed E-state index contributed by atoms with van der Waals surface area (Å²) < 4.78 is 19.9. The number of nitrogens with two attached hydrogens (primary N) is 1. The SMILES string of the molecule is CC(C)(C)C1=C(C#N)C(c2c(F)cccc2Cl)C(C#N)=C(N)O1. The number of hydrogen-bond donors (Lipinski definition) is 1. The van der Waals surface area contributed by atoms with Crippen molar-refractivity contribution in [3.63, 3.8) is 0 Å². The number of ether oxygens (including phenoxy) is 1. The van der Waals surface area contributed by atoms with Gasteiger partial charge in [0.25, 0.3) is 0 Å². The lowest BCUT2D eigenvalue weighted by atomic mass is 9.78. The van der Waals surface area contributed by atoms with Gasteiger partial charge in [-0.1, -0.05) is 38.4 Å². The molecule has 1 heterocycles. The molecule has 2 rings (SSSR count). The normalized spacial score (nSPS) is 18.3. The van der Waals surface area contributed by atoms with Gasteiger partial charge >= 0.3 is 0 Å². The Morgan fingerprint density at radius 2 is 1.83 bits per heavy atom. The highest BCUT2D eigenvalue weighted by atomic mass is 35.5. The highest BCUT2D eigenvalue weighted by Crippen LogP contribution is 2.46. The van der Waals surface area contributed by atoms with Crippen LogP contribution in [0, 0.1) is 33.9 Å². The molecule has 4 nitrogen and oxygen atoms in total. The third kappa shape index (κ3) is 2.88. The molecule has 6 heteroatoms. The van der Waals surface area contributed by atoms with Gasteiger partial charge in [-0.3, -0.25) is 0 Å². The first-order chi connectivity index (χ1) is 10.7. The maximum absolute atomic E-state index is 14.4. The fourth-order valence-electron chi connectivity index (χ4n) is 2.50. The van der Waals surface area contributed by atoms with Gasteiger partial charge in [0.2, 0.25) is 5.88 Å². The number of allylic oxidation sites excluding steroid dienone is 3. The Balaban J connectivity index is 2.84. The molecule has 118 valence electrons. The van der Waals surface area contributed by atoms with Crippen LogP contribution in [0.3, 0.4) is 0 Å². The summed E-state index contributed by atoms with van der Waals surface area (Å²) in [6.45, 7) is 5.51. The van der Waals surface area contributed by atoms with Crippen LogP contribution in [0.5, 0.6) is 0 Å². The van der Waals surface area contributed by atoms with Crippen molar-refractivity contribution >= 4 is 11.6 Å². The van der Waals surface area contributed by atoms with Crippen molar-refractivity contribution < 1.29 is 9.13 Å². The Kier molecular flexibility index (Phi) is 4.36. The van der Waals surface area contributed by atoms with Gasteiger partial charge < -0.3 is 10.5 Å². The van der Waals surface area contributed by atoms with Crippen molar-refractivity contribution in [3.05, 3.63) is 57.4 Å². The largest absolute Gasteiger partial charge is 0.443 e. The zero-order chi connectivity index (χ0) is 17.4. The summed E-state index contributed by atoms with van der Waals surface area (Å²) in [5.74, 6) is -1.42. The predicted octanol–water partition coefficient (Wildman–Crippen LogP) is 4.11. The van der Waals surface area contributed by atoms with Crippen LogP contribution in [0.25, 0.3) is 0 Å². The Bertz CT molecular complexity index is 786. The van der Waals surface area contributed by atoms with Gasteiger partial charge in [-0.15, -0.1) is 0 Å². The minimum atomic E-state index is -0.985. The molecule has 1 unspecified atom stereocenters. The molecular weight excluding hydrogens is 317 g/mol. The standard InChI is InChI=1S/C17H15ClFN3O/c1-17(2,3)15-9(7-20)13(10(8-21)16(22)23-15)14-11(18)5-4-6-12(14)19/h4-6,13H,22H2,1-3H3. The average molecular weight is 332 g/mol. The van der Waals surface area contributed by atoms with Gasteiger partial charge in [-0.25, -0.2) is 4.39 Å². The molecule has 0 saturated heterocycles. The summed E-state index contributed by atoms with van der Waals surface area (Å²) in [5.41, 5.74) is 5.46. The molecule has 0 saturated carbocycles. The Morgan fingerprint density at radius 3 is 2.30 bits per heavy atom. The molecule has 1 aliphatic heterocycles. The van der Waals surface area contributed by atoms with E-state index in [9.17, 15) is 14.9 Å². The lowest BCUT2D eigenvalue weighted by Crippen LogP contribution is -2.26. The second-order valence-corrected chi connectivity index (χ2v) is 6.57. The minimum absolute atomic E-state index is 0.0263. The summed E-state index contributed by atoms with van der Waals surface area (Å²) in [6.07, 6.45) is 0. The van der Waals surface area contributed by atoms with E-state index in [-0.39, 0.29) is 27.6 Å². The minimum Gasteiger partial charge on any atom is -0.443 e. The molecule has 2 N–H and O–H groups in total. The smallest absolute Gasteiger partial charge is 0.205 e. The molecule has 0 aliphatic carbocycles. The van der Waals surface area contributed by atoms with Crippen LogP contribution < -0.4 is 5.73 Å². The van der Waals surface area contributed by atoms with E-state index in [1.54, 1.807) is 0 Å². The Labute approximate surface area is 139 Å². The van der Waals surface area contributed by atoms with Crippen molar-refractivity contribution in [3.8, 4) is 12.1 Å². The summed E-state index contributed by atoms with van der Waals surface area (Å²) in [6, 6.07) is 8.14. The van der Waals surface area contributed by atoms with E-state index < -0.39 is 17.2 Å². The second kappa shape index (κ2) is 5.95. The topological polar surface area (TPSA) is 82.8 Å². The summed E-state index contributed by atoms with van der Waals surface area (Å²) >= 11 is 6.13. The van der Waals surface area contributed by atoms with E-state index in [1.807, 2.05) is 32.9 Å². The van der Waals surface area contributed by atoms with Crippen LogP contribution in [0.4, 0.5) is 4.39 Å². The maximum Gasteiger partial charge on any atom is 0.205 e. The molecule has 1 aliphatic rings. The summed E-state index contributed by atoms with van der Waals surface area (Å²) in [5, 5.41) is 19.1. The molecule has 1 aromatic rings. The van der Waals surface area contributed by atoms with E-state index in [0.29, 0.717) is 5.76 Å². The lowest BCUT2D eigenvalue weighted by Gasteiger charge is -2.32. The van der Waals surface area contributed by atoms with Crippen LogP contribution in [-0.2, 0) is 4.74 Å². The van der Waals surface area contributed by atoms with Gasteiger partial charge in [0, 0.05) is 16.0 Å². The highest BCUT2D eigenvalue weighted by molar-refractivity contribution is 6.31. The van der Waals surface area contributed by atoms with Gasteiger partial charge in [0.05, 0.1) is 17.6 Å². The van der Waals surface area contributed by atoms with Crippen LogP contribution >= 0.6 is 11.6 Å². The van der Waals surface area contributed by atoms with Crippen LogP contribution in [0.2, 0.25) is 5.02 Å². The molecule has 0 amide bonds. The third-order valence-corrected chi connectivity index (χ3v) is 3.84. The van der Waals surface area contributed by atoms with Gasteiger partial charge in [-0.2, -0.15) is 10.5 Å². The molecule has 0 bridgehead atoms. The molecule has 1 atom stereocenters. The molecule has 23 heavy (non-hydrogen) atoms. The molecule has 0 fully saturated rings. The van der Waals surface area contributed by atoms with Crippen molar-refractivity contribution in [2.75, 3.05) is 0 Å². The first-order valence-electron chi connectivity index (χ1n) is 6.88. The van der Waals surface area contributed by atoms with E-state index in [4.69, 9.17) is 22.1 Å². The van der Waals surface area contributed by atoms with Crippen LogP contribution in [0.15, 0.2) is 41.0 Å². The number of rotatable bonds is 1. The fourth-order valence-corrected chi connectivity index (χ4v) is 2.78. The maximum atomic E-state index is 14.4. The van der Waals surface area contributed by atoms with E-state index in [2.05, 4.69) is 0 Å². The van der Waals surface area contributed by atoms with E-state index >= 15 is 0 Å². The third-order valence-electron chi connectivity index (χ3n) is 3.51. The second-order valence-electron chi connectivity index (χ2n) is 6.16. The Morgan fingerprint density at radius 1 is 1.22 bits per heavy atom. The van der Waals surface area contributed by atoms with Gasteiger partial charge in [-0.05, 0) is 12.1 Å². The lowest BCUT2D eigenvalue weighted by molar-refractivity contribution is 0.199. The fraction of sp³-hybridized carbons (Fsp3) is 0.294. The number of nitriles is 2. The van der Waals surface area contributed by atoms with Crippen molar-refractivity contribution in [2.24, 2.45) is 11.1 Å². The quantitative estimate of drug-likeness (QED) is 0.839. The van der Waals surface area contributed by atoms with Gasteiger partial charge in [0.15, 0.2) is 0 Å². The number of benzene rings is 1. The van der Waals surface area contributed by atoms with Gasteiger partial charge in [0.1, 0.15) is 23.2 Å². The zero-order valence-electron chi connectivity index (χ0n) is 12.9. The summed E-state index contributed by atoms with van der Waals surface area (Å²) in [4.78, 5) is 0. The van der Waals surface area contributed by atoms with Crippen LogP contribution in [0.1, 0.15) is 32.3 Å². The van der Waals surface area contributed by atoms with Crippen molar-refractivity contribution in [1.82, 2.24) is 0 Å². The molecular formula is C17H15ClFN3O. The van der Waals surface area contributed by atoms with Crippen molar-refractivity contribution in [2.45, 2.75) is 26.7 Å². The first-order valence-corrected chi connectivity index (χ1v) is 7.26. The molecule has 1 aromatic carbocycles. The molecule has 0 spiro atoms. The predicted molar refractivity (Wildman–Crippen MR) is 84.2 cm³/mol. The highest BCUT2D eigenvalue weighted by Gasteiger charge is 2.39. The number of nitrogens with zero attached hydrogens (tertiary/aromatic N) is 2. The van der Waals surface area contributed by atoms with E-state index in [0.717, 1.165) is 0 Å². The Hall–Kier alpha value is -2.50. The summed E-state index contributed by atoms with van der Waals surface area (Å²) in [7, 11) is 0.